The quantitative estimate of drug-likeness (QED) is 0.544. The van der Waals surface area contributed by atoms with Crippen LogP contribution in [0.2, 0.25) is 0 Å². The summed E-state index contributed by atoms with van der Waals surface area (Å²) < 4.78 is 41.3. The zero-order valence-corrected chi connectivity index (χ0v) is 15.1. The molecule has 0 atom stereocenters. The van der Waals surface area contributed by atoms with E-state index in [2.05, 4.69) is 15.4 Å². The average Bonchev–Trinajstić information content (AvgIpc) is 2.82. The van der Waals surface area contributed by atoms with Gasteiger partial charge in [0.05, 0.1) is 28.2 Å². The lowest BCUT2D eigenvalue weighted by molar-refractivity contribution is -0.274. The molecule has 0 bridgehead atoms. The molecule has 6 nitrogen and oxygen atoms in total. The summed E-state index contributed by atoms with van der Waals surface area (Å²) in [5.74, 6) is -2.06. The van der Waals surface area contributed by atoms with Crippen LogP contribution in [0.15, 0.2) is 60.7 Å². The number of benzene rings is 3. The van der Waals surface area contributed by atoms with E-state index in [0.717, 1.165) is 12.1 Å². The predicted octanol–water partition coefficient (Wildman–Crippen LogP) is 5.26. The summed E-state index contributed by atoms with van der Waals surface area (Å²) in [6.45, 7) is 0. The Morgan fingerprint density at radius 1 is 0.867 bits per heavy atom. The Kier molecular flexibility index (Phi) is 4.57. The third-order valence-corrected chi connectivity index (χ3v) is 4.45. The average molecular weight is 414 g/mol. The zero-order valence-electron chi connectivity index (χ0n) is 15.1. The maximum Gasteiger partial charge on any atom is 0.573 e. The molecule has 1 heterocycles. The minimum atomic E-state index is -4.85. The van der Waals surface area contributed by atoms with E-state index in [1.54, 1.807) is 30.3 Å². The SMILES string of the molecule is O=C(O)c1cccc(-c2ccc3c(c2)C(=O)Nc2cc(OC(F)(F)F)ccc2N3)c1. The number of carbonyl (C=O) groups excluding carboxylic acids is 1. The first-order valence-corrected chi connectivity index (χ1v) is 8.65. The molecule has 0 aliphatic carbocycles. The lowest BCUT2D eigenvalue weighted by Crippen LogP contribution is -2.17. The van der Waals surface area contributed by atoms with Gasteiger partial charge in [-0.15, -0.1) is 13.2 Å². The van der Waals surface area contributed by atoms with Crippen LogP contribution >= 0.6 is 0 Å². The van der Waals surface area contributed by atoms with Crippen LogP contribution in [0.3, 0.4) is 0 Å². The molecule has 1 amide bonds. The lowest BCUT2D eigenvalue weighted by Gasteiger charge is -2.13. The standard InChI is InChI=1S/C21H13F3N2O4/c22-21(23,24)30-14-5-7-17-18(10-14)26-19(27)15-9-12(4-6-16(15)25-17)11-2-1-3-13(8-11)20(28)29/h1-10,25H,(H,26,27)(H,28,29). The zero-order chi connectivity index (χ0) is 21.5. The molecule has 0 saturated carbocycles. The van der Waals surface area contributed by atoms with Crippen molar-refractivity contribution in [1.82, 2.24) is 0 Å². The summed E-state index contributed by atoms with van der Waals surface area (Å²) in [4.78, 5) is 23.9. The van der Waals surface area contributed by atoms with Gasteiger partial charge in [0.25, 0.3) is 5.91 Å². The molecule has 1 aliphatic heterocycles. The van der Waals surface area contributed by atoms with Crippen molar-refractivity contribution >= 4 is 28.9 Å². The van der Waals surface area contributed by atoms with Crippen LogP contribution in [-0.2, 0) is 0 Å². The Bertz CT molecular complexity index is 1180. The molecule has 3 N–H and O–H groups in total. The fourth-order valence-corrected chi connectivity index (χ4v) is 3.12. The van der Waals surface area contributed by atoms with Crippen LogP contribution in [0.25, 0.3) is 11.1 Å². The number of hydrogen-bond acceptors (Lipinski definition) is 4. The van der Waals surface area contributed by atoms with Crippen molar-refractivity contribution in [2.45, 2.75) is 6.36 Å². The number of nitrogens with one attached hydrogen (secondary N) is 2. The van der Waals surface area contributed by atoms with Crippen LogP contribution in [0.4, 0.5) is 30.2 Å². The van der Waals surface area contributed by atoms with Gasteiger partial charge in [-0.1, -0.05) is 18.2 Å². The van der Waals surface area contributed by atoms with Gasteiger partial charge in [0.1, 0.15) is 5.75 Å². The number of fused-ring (bicyclic) bond motifs is 2. The number of carboxylic acid groups (broad SMARTS) is 1. The first-order valence-electron chi connectivity index (χ1n) is 8.65. The predicted molar refractivity (Wildman–Crippen MR) is 103 cm³/mol. The van der Waals surface area contributed by atoms with Crippen molar-refractivity contribution in [2.24, 2.45) is 0 Å². The fraction of sp³-hybridized carbons (Fsp3) is 0.0476. The number of aromatic carboxylic acids is 1. The first-order chi connectivity index (χ1) is 14.2. The largest absolute Gasteiger partial charge is 0.573 e. The summed E-state index contributed by atoms with van der Waals surface area (Å²) in [6.07, 6.45) is -4.85. The Balaban J connectivity index is 1.69. The minimum absolute atomic E-state index is 0.106. The summed E-state index contributed by atoms with van der Waals surface area (Å²) in [5.41, 5.74) is 2.56. The number of carbonyl (C=O) groups is 2. The second kappa shape index (κ2) is 7.11. The second-order valence-electron chi connectivity index (χ2n) is 6.48. The van der Waals surface area contributed by atoms with E-state index in [1.165, 1.54) is 18.2 Å². The lowest BCUT2D eigenvalue weighted by atomic mass is 9.99. The monoisotopic (exact) mass is 414 g/mol. The summed E-state index contributed by atoms with van der Waals surface area (Å²) in [5, 5.41) is 14.8. The van der Waals surface area contributed by atoms with E-state index in [9.17, 15) is 22.8 Å². The van der Waals surface area contributed by atoms with Crippen molar-refractivity contribution in [1.29, 1.82) is 0 Å². The number of ether oxygens (including phenoxy) is 1. The molecule has 0 fully saturated rings. The summed E-state index contributed by atoms with van der Waals surface area (Å²) in [6, 6.07) is 14.8. The van der Waals surface area contributed by atoms with Gasteiger partial charge in [0.2, 0.25) is 0 Å². The third kappa shape index (κ3) is 3.90. The van der Waals surface area contributed by atoms with Crippen LogP contribution in [0, 0.1) is 0 Å². The van der Waals surface area contributed by atoms with Crippen LogP contribution < -0.4 is 15.4 Å². The normalized spacial score (nSPS) is 12.7. The number of rotatable bonds is 3. The van der Waals surface area contributed by atoms with Crippen LogP contribution in [0.5, 0.6) is 5.75 Å². The van der Waals surface area contributed by atoms with Gasteiger partial charge in [-0.2, -0.15) is 0 Å². The van der Waals surface area contributed by atoms with Gasteiger partial charge >= 0.3 is 12.3 Å². The van der Waals surface area contributed by atoms with Gasteiger partial charge in [0, 0.05) is 6.07 Å². The van der Waals surface area contributed by atoms with E-state index >= 15 is 0 Å². The Hall–Kier alpha value is -4.01. The van der Waals surface area contributed by atoms with E-state index < -0.39 is 24.0 Å². The third-order valence-electron chi connectivity index (χ3n) is 4.45. The number of halogens is 3. The highest BCUT2D eigenvalue weighted by Gasteiger charge is 2.31. The van der Waals surface area contributed by atoms with Gasteiger partial charge in [0.15, 0.2) is 0 Å². The molecule has 0 saturated heterocycles. The highest BCUT2D eigenvalue weighted by atomic mass is 19.4. The fourth-order valence-electron chi connectivity index (χ4n) is 3.12. The minimum Gasteiger partial charge on any atom is -0.478 e. The molecule has 3 aromatic carbocycles. The molecule has 0 spiro atoms. The van der Waals surface area contributed by atoms with Gasteiger partial charge < -0.3 is 20.5 Å². The number of amides is 1. The van der Waals surface area contributed by atoms with Gasteiger partial charge in [-0.3, -0.25) is 4.79 Å². The molecule has 0 unspecified atom stereocenters. The Morgan fingerprint density at radius 2 is 1.60 bits per heavy atom. The highest BCUT2D eigenvalue weighted by molar-refractivity contribution is 6.12. The Labute approximate surface area is 167 Å². The van der Waals surface area contributed by atoms with Crippen LogP contribution in [-0.4, -0.2) is 23.3 Å². The van der Waals surface area contributed by atoms with E-state index in [4.69, 9.17) is 5.11 Å². The molecule has 9 heteroatoms. The molecular formula is C21H13F3N2O4. The highest BCUT2D eigenvalue weighted by Crippen LogP contribution is 2.37. The first kappa shape index (κ1) is 19.3. The van der Waals surface area contributed by atoms with E-state index in [0.29, 0.717) is 22.5 Å². The molecule has 3 aromatic rings. The van der Waals surface area contributed by atoms with Crippen molar-refractivity contribution in [3.05, 3.63) is 71.8 Å². The molecule has 30 heavy (non-hydrogen) atoms. The molecule has 1 aliphatic rings. The smallest absolute Gasteiger partial charge is 0.478 e. The molecular weight excluding hydrogens is 401 g/mol. The molecule has 0 aromatic heterocycles. The number of alkyl halides is 3. The summed E-state index contributed by atoms with van der Waals surface area (Å²) >= 11 is 0. The Morgan fingerprint density at radius 3 is 2.33 bits per heavy atom. The summed E-state index contributed by atoms with van der Waals surface area (Å²) in [7, 11) is 0. The van der Waals surface area contributed by atoms with Crippen molar-refractivity contribution < 1.29 is 32.6 Å². The maximum atomic E-state index is 12.7. The maximum absolute atomic E-state index is 12.7. The number of carboxylic acids is 1. The topological polar surface area (TPSA) is 87.7 Å². The van der Waals surface area contributed by atoms with Crippen molar-refractivity contribution in [3.8, 4) is 16.9 Å². The van der Waals surface area contributed by atoms with Crippen molar-refractivity contribution in [3.63, 3.8) is 0 Å². The van der Waals surface area contributed by atoms with Gasteiger partial charge in [-0.05, 0) is 47.5 Å². The van der Waals surface area contributed by atoms with E-state index in [1.807, 2.05) is 0 Å². The van der Waals surface area contributed by atoms with Gasteiger partial charge in [-0.25, -0.2) is 4.79 Å². The number of anilines is 3. The van der Waals surface area contributed by atoms with Crippen LogP contribution in [0.1, 0.15) is 20.7 Å². The van der Waals surface area contributed by atoms with E-state index in [-0.39, 0.29) is 16.8 Å². The van der Waals surface area contributed by atoms with Crippen molar-refractivity contribution in [2.75, 3.05) is 10.6 Å². The second-order valence-corrected chi connectivity index (χ2v) is 6.48. The molecule has 4 rings (SSSR count). The number of hydrogen-bond donors (Lipinski definition) is 3. The molecule has 152 valence electrons. The molecule has 0 radical (unpaired) electrons.